The van der Waals surface area contributed by atoms with Crippen LogP contribution in [0.1, 0.15) is 18.5 Å². The third kappa shape index (κ3) is 3.57. The number of hydrogen-bond acceptors (Lipinski definition) is 4. The Morgan fingerprint density at radius 1 is 1.21 bits per heavy atom. The summed E-state index contributed by atoms with van der Waals surface area (Å²) in [5.41, 5.74) is 2.52. The molecule has 3 rings (SSSR count). The molecule has 0 saturated carbocycles. The van der Waals surface area contributed by atoms with E-state index in [9.17, 15) is 13.2 Å². The predicted octanol–water partition coefficient (Wildman–Crippen LogP) is 2.15. The number of pyridine rings is 1. The maximum absolute atomic E-state index is 12.5. The molecule has 0 spiro atoms. The number of nitrogens with zero attached hydrogens (tertiary/aromatic N) is 2. The minimum absolute atomic E-state index is 0.0590. The molecule has 0 bridgehead atoms. The predicted molar refractivity (Wildman–Crippen MR) is 94.3 cm³/mol. The van der Waals surface area contributed by atoms with Gasteiger partial charge < -0.3 is 5.32 Å². The van der Waals surface area contributed by atoms with E-state index in [2.05, 4.69) is 10.3 Å². The molecule has 1 aromatic carbocycles. The van der Waals surface area contributed by atoms with Crippen molar-refractivity contribution in [2.24, 2.45) is 5.92 Å². The Morgan fingerprint density at radius 2 is 1.92 bits per heavy atom. The molecule has 0 aliphatic carbocycles. The van der Waals surface area contributed by atoms with Gasteiger partial charge in [0.05, 0.1) is 17.5 Å². The summed E-state index contributed by atoms with van der Waals surface area (Å²) in [4.78, 5) is 17.0. The summed E-state index contributed by atoms with van der Waals surface area (Å²) in [7, 11) is -3.17. The van der Waals surface area contributed by atoms with Gasteiger partial charge in [-0.05, 0) is 44.0 Å². The fourth-order valence-corrected chi connectivity index (χ4v) is 3.92. The van der Waals surface area contributed by atoms with E-state index < -0.39 is 10.0 Å². The van der Waals surface area contributed by atoms with Crippen molar-refractivity contribution < 1.29 is 13.2 Å². The molecule has 128 valence electrons. The Kier molecular flexibility index (Phi) is 4.56. The number of anilines is 1. The zero-order valence-corrected chi connectivity index (χ0v) is 14.6. The number of hydrogen-bond donors (Lipinski definition) is 1. The first-order valence-electron chi connectivity index (χ1n) is 7.97. The summed E-state index contributed by atoms with van der Waals surface area (Å²) < 4.78 is 24.5. The Morgan fingerprint density at radius 3 is 2.58 bits per heavy atom. The summed E-state index contributed by atoms with van der Waals surface area (Å²) in [5, 5.41) is 3.89. The lowest BCUT2D eigenvalue weighted by molar-refractivity contribution is -0.120. The summed E-state index contributed by atoms with van der Waals surface area (Å²) in [6.45, 7) is 2.72. The highest BCUT2D eigenvalue weighted by Gasteiger charge is 2.29. The lowest BCUT2D eigenvalue weighted by Crippen LogP contribution is -2.40. The van der Waals surface area contributed by atoms with Crippen LogP contribution in [-0.2, 0) is 14.8 Å². The second kappa shape index (κ2) is 6.49. The van der Waals surface area contributed by atoms with E-state index in [0.717, 1.165) is 22.3 Å². The molecule has 1 N–H and O–H groups in total. The van der Waals surface area contributed by atoms with Crippen LogP contribution < -0.4 is 5.32 Å². The molecule has 2 aromatic rings. The molecule has 0 radical (unpaired) electrons. The van der Waals surface area contributed by atoms with Crippen LogP contribution in [0.5, 0.6) is 0 Å². The van der Waals surface area contributed by atoms with Crippen molar-refractivity contribution in [3.05, 3.63) is 36.0 Å². The number of sulfonamides is 1. The van der Waals surface area contributed by atoms with Crippen molar-refractivity contribution in [2.45, 2.75) is 19.8 Å². The Hall–Kier alpha value is -1.99. The van der Waals surface area contributed by atoms with Crippen LogP contribution in [-0.4, -0.2) is 43.0 Å². The van der Waals surface area contributed by atoms with E-state index in [-0.39, 0.29) is 11.8 Å². The van der Waals surface area contributed by atoms with E-state index in [1.807, 2.05) is 37.3 Å². The number of carbonyl (C=O) groups excluding carboxylic acids is 1. The first-order valence-corrected chi connectivity index (χ1v) is 9.82. The van der Waals surface area contributed by atoms with Gasteiger partial charge in [-0.3, -0.25) is 9.78 Å². The second-order valence-corrected chi connectivity index (χ2v) is 8.23. The molecule has 0 unspecified atom stereocenters. The molecule has 1 amide bonds. The van der Waals surface area contributed by atoms with Gasteiger partial charge in [0.2, 0.25) is 15.9 Å². The van der Waals surface area contributed by atoms with Crippen molar-refractivity contribution in [3.8, 4) is 0 Å². The largest absolute Gasteiger partial charge is 0.325 e. The highest BCUT2D eigenvalue weighted by Crippen LogP contribution is 2.25. The molecule has 1 aliphatic heterocycles. The van der Waals surface area contributed by atoms with Gasteiger partial charge in [-0.2, -0.15) is 0 Å². The summed E-state index contributed by atoms with van der Waals surface area (Å²) in [6, 6.07) is 9.53. The van der Waals surface area contributed by atoms with Crippen molar-refractivity contribution in [1.82, 2.24) is 9.29 Å². The third-order valence-corrected chi connectivity index (χ3v) is 5.73. The van der Waals surface area contributed by atoms with Crippen LogP contribution in [0.4, 0.5) is 5.69 Å². The molecule has 1 aliphatic rings. The smallest absolute Gasteiger partial charge is 0.227 e. The van der Waals surface area contributed by atoms with Crippen LogP contribution in [0, 0.1) is 12.8 Å². The zero-order chi connectivity index (χ0) is 17.3. The van der Waals surface area contributed by atoms with Crippen molar-refractivity contribution in [2.75, 3.05) is 24.7 Å². The second-order valence-electron chi connectivity index (χ2n) is 6.25. The topological polar surface area (TPSA) is 79.4 Å². The summed E-state index contributed by atoms with van der Waals surface area (Å²) in [6.07, 6.45) is 2.29. The van der Waals surface area contributed by atoms with E-state index >= 15 is 0 Å². The molecular weight excluding hydrogens is 326 g/mol. The summed E-state index contributed by atoms with van der Waals surface area (Å²) >= 11 is 0. The number of aromatic nitrogens is 1. The summed E-state index contributed by atoms with van der Waals surface area (Å²) in [5.74, 6) is -0.229. The van der Waals surface area contributed by atoms with E-state index in [1.54, 1.807) is 0 Å². The van der Waals surface area contributed by atoms with Crippen molar-refractivity contribution in [3.63, 3.8) is 0 Å². The fraction of sp³-hybridized carbons (Fsp3) is 0.412. The van der Waals surface area contributed by atoms with Crippen LogP contribution in [0.3, 0.4) is 0 Å². The number of aryl methyl sites for hydroxylation is 1. The number of piperidine rings is 1. The average molecular weight is 347 g/mol. The monoisotopic (exact) mass is 347 g/mol. The number of rotatable bonds is 3. The van der Waals surface area contributed by atoms with Crippen LogP contribution in [0.25, 0.3) is 10.9 Å². The normalized spacial score (nSPS) is 17.1. The Labute approximate surface area is 141 Å². The first-order chi connectivity index (χ1) is 11.3. The number of benzene rings is 1. The van der Waals surface area contributed by atoms with Gasteiger partial charge in [0.15, 0.2) is 0 Å². The highest BCUT2D eigenvalue weighted by atomic mass is 32.2. The highest BCUT2D eigenvalue weighted by molar-refractivity contribution is 7.88. The molecule has 6 nitrogen and oxygen atoms in total. The lowest BCUT2D eigenvalue weighted by Gasteiger charge is -2.29. The average Bonchev–Trinajstić information content (AvgIpc) is 2.54. The van der Waals surface area contributed by atoms with Gasteiger partial charge >= 0.3 is 0 Å². The van der Waals surface area contributed by atoms with Gasteiger partial charge in [0.1, 0.15) is 0 Å². The van der Waals surface area contributed by atoms with Gasteiger partial charge in [0, 0.05) is 30.1 Å². The van der Waals surface area contributed by atoms with Gasteiger partial charge in [-0.1, -0.05) is 6.07 Å². The Bertz CT molecular complexity index is 872. The molecule has 1 saturated heterocycles. The molecule has 1 aromatic heterocycles. The number of amides is 1. The quantitative estimate of drug-likeness (QED) is 0.923. The fourth-order valence-electron chi connectivity index (χ4n) is 3.05. The van der Waals surface area contributed by atoms with E-state index in [4.69, 9.17) is 0 Å². The number of carbonyl (C=O) groups is 1. The van der Waals surface area contributed by atoms with Crippen LogP contribution >= 0.6 is 0 Å². The Balaban J connectivity index is 1.72. The maximum atomic E-state index is 12.5. The minimum atomic E-state index is -3.17. The molecule has 1 fully saturated rings. The van der Waals surface area contributed by atoms with Gasteiger partial charge in [-0.25, -0.2) is 12.7 Å². The molecule has 24 heavy (non-hydrogen) atoms. The third-order valence-electron chi connectivity index (χ3n) is 4.42. The SMILES string of the molecule is Cc1ccc2c(NC(=O)C3CCN(S(C)(=O)=O)CC3)cccc2n1. The molecule has 7 heteroatoms. The molecule has 0 atom stereocenters. The first kappa shape index (κ1) is 16.9. The zero-order valence-electron chi connectivity index (χ0n) is 13.8. The number of fused-ring (bicyclic) bond motifs is 1. The van der Waals surface area contributed by atoms with Crippen molar-refractivity contribution >= 4 is 32.5 Å². The number of nitrogens with one attached hydrogen (secondary N) is 1. The van der Waals surface area contributed by atoms with Crippen molar-refractivity contribution in [1.29, 1.82) is 0 Å². The van der Waals surface area contributed by atoms with Gasteiger partial charge in [-0.15, -0.1) is 0 Å². The standard InChI is InChI=1S/C17H21N3O3S/c1-12-6-7-14-15(18-12)4-3-5-16(14)19-17(21)13-8-10-20(11-9-13)24(2,22)23/h3-7,13H,8-11H2,1-2H3,(H,19,21). The van der Waals surface area contributed by atoms with Gasteiger partial charge in [0.25, 0.3) is 0 Å². The van der Waals surface area contributed by atoms with E-state index in [0.29, 0.717) is 25.9 Å². The van der Waals surface area contributed by atoms with Crippen LogP contribution in [0.15, 0.2) is 30.3 Å². The van der Waals surface area contributed by atoms with Crippen LogP contribution in [0.2, 0.25) is 0 Å². The molecule has 2 heterocycles. The molecular formula is C17H21N3O3S. The maximum Gasteiger partial charge on any atom is 0.227 e. The lowest BCUT2D eigenvalue weighted by atomic mass is 9.97. The van der Waals surface area contributed by atoms with E-state index in [1.165, 1.54) is 10.6 Å². The minimum Gasteiger partial charge on any atom is -0.325 e.